The molecular weight excluding hydrogens is 978 g/mol. The van der Waals surface area contributed by atoms with Crippen molar-refractivity contribution in [2.75, 3.05) is 78.7 Å². The number of carbonyl (C=O) groups excluding carboxylic acids is 5. The van der Waals surface area contributed by atoms with Crippen molar-refractivity contribution in [3.8, 4) is 0 Å². The Morgan fingerprint density at radius 3 is 2.31 bits per heavy atom. The molecule has 22 heteroatoms. The predicted octanol–water partition coefficient (Wildman–Crippen LogP) is 5.39. The van der Waals surface area contributed by atoms with E-state index in [9.17, 15) is 33.5 Å². The number of unbranched alkanes of at least 4 members (excludes halogenated alkanes) is 3. The number of nitrogens with one attached hydrogen (secondary N) is 4. The van der Waals surface area contributed by atoms with Gasteiger partial charge in [-0.3, -0.25) is 28.9 Å². The highest BCUT2D eigenvalue weighted by atomic mass is 32.1. The molecule has 2 heterocycles. The van der Waals surface area contributed by atoms with Gasteiger partial charge in [-0.15, -0.1) is 11.3 Å². The molecular formula is C52H86FN9O11S. The number of piperidine rings is 1. The lowest BCUT2D eigenvalue weighted by molar-refractivity contribution is -0.147. The third-order valence-electron chi connectivity index (χ3n) is 13.3. The van der Waals surface area contributed by atoms with Gasteiger partial charge < -0.3 is 61.7 Å². The van der Waals surface area contributed by atoms with Crippen LogP contribution in [0.5, 0.6) is 0 Å². The van der Waals surface area contributed by atoms with Crippen molar-refractivity contribution in [2.24, 2.45) is 23.0 Å². The van der Waals surface area contributed by atoms with Gasteiger partial charge in [0.25, 0.3) is 5.91 Å². The van der Waals surface area contributed by atoms with Crippen molar-refractivity contribution in [1.29, 1.82) is 0 Å². The van der Waals surface area contributed by atoms with Crippen LogP contribution in [0.3, 0.4) is 0 Å². The molecule has 0 spiro atoms. The van der Waals surface area contributed by atoms with E-state index in [0.717, 1.165) is 50.0 Å². The number of likely N-dealkylation sites (tertiary alicyclic amines) is 1. The van der Waals surface area contributed by atoms with Crippen LogP contribution in [0.2, 0.25) is 0 Å². The fourth-order valence-corrected chi connectivity index (χ4v) is 9.45. The number of hydrogen-bond donors (Lipinski definition) is 7. The quantitative estimate of drug-likeness (QED) is 0.0259. The maximum Gasteiger partial charge on any atom is 0.407 e. The number of alkyl carbamates (subject to hydrolysis) is 1. The van der Waals surface area contributed by atoms with Crippen LogP contribution in [0.1, 0.15) is 140 Å². The lowest BCUT2D eigenvalue weighted by atomic mass is 9.84. The number of aliphatic carboxylic acids is 1. The minimum Gasteiger partial charge on any atom is -0.481 e. The monoisotopic (exact) mass is 1060 g/mol. The van der Waals surface area contributed by atoms with E-state index < -0.39 is 53.4 Å². The van der Waals surface area contributed by atoms with E-state index in [1.54, 1.807) is 19.9 Å². The number of ether oxygens (including phenoxy) is 4. The van der Waals surface area contributed by atoms with Crippen molar-refractivity contribution in [3.63, 3.8) is 0 Å². The molecule has 1 aliphatic rings. The number of amides is 5. The summed E-state index contributed by atoms with van der Waals surface area (Å²) in [5, 5.41) is 23.1. The van der Waals surface area contributed by atoms with Crippen molar-refractivity contribution in [1.82, 2.24) is 36.1 Å². The molecule has 2 aromatic rings. The Balaban J connectivity index is 1.92. The van der Waals surface area contributed by atoms with Gasteiger partial charge in [0, 0.05) is 37.0 Å². The molecule has 418 valence electrons. The molecule has 0 radical (unpaired) electrons. The van der Waals surface area contributed by atoms with E-state index in [-0.39, 0.29) is 124 Å². The van der Waals surface area contributed by atoms with Crippen molar-refractivity contribution >= 4 is 52.7 Å². The molecule has 5 amide bonds. The van der Waals surface area contributed by atoms with Gasteiger partial charge in [-0.1, -0.05) is 72.8 Å². The summed E-state index contributed by atoms with van der Waals surface area (Å²) < 4.78 is 37.1. The highest BCUT2D eigenvalue weighted by molar-refractivity contribution is 7.09. The number of likely N-dealkylation sites (N-methyl/N-ethyl adjacent to an activating group) is 1. The zero-order valence-corrected chi connectivity index (χ0v) is 45.8. The van der Waals surface area contributed by atoms with Crippen molar-refractivity contribution in [3.05, 3.63) is 45.7 Å². The second kappa shape index (κ2) is 33.1. The van der Waals surface area contributed by atoms with Crippen LogP contribution in [-0.4, -0.2) is 153 Å². The predicted molar refractivity (Wildman–Crippen MR) is 282 cm³/mol. The molecule has 0 saturated carbocycles. The summed E-state index contributed by atoms with van der Waals surface area (Å²) in [5.74, 6) is -3.42. The lowest BCUT2D eigenvalue weighted by Gasteiger charge is -2.40. The van der Waals surface area contributed by atoms with E-state index in [1.165, 1.54) is 17.5 Å². The zero-order chi connectivity index (χ0) is 54.8. The fraction of sp³-hybridized carbons (Fsp3) is 0.712. The number of aromatic nitrogens is 1. The molecule has 74 heavy (non-hydrogen) atoms. The SMILES string of the molecule is CCCCCCN(C(=O)C(NC(=O)[C@H]1CCCCN1C)C(C)CC)C(CC(OC(=O)NCCOCCOCCOCNC(=O)CN)c1nc(C(=O)NC(Cc2ccc(N)c(F)c2)CC(C)(C)C(=O)O)cs1)C(C)C. The molecule has 1 fully saturated rings. The molecule has 9 N–H and O–H groups in total. The normalized spacial score (nSPS) is 16.1. The number of benzene rings is 1. The van der Waals surface area contributed by atoms with E-state index in [1.807, 2.05) is 44.5 Å². The van der Waals surface area contributed by atoms with Crippen molar-refractivity contribution < 1.29 is 57.2 Å². The molecule has 0 aliphatic carbocycles. The summed E-state index contributed by atoms with van der Waals surface area (Å²) in [6.45, 7) is 15.4. The zero-order valence-electron chi connectivity index (χ0n) is 45.0. The van der Waals surface area contributed by atoms with Crippen molar-refractivity contribution in [2.45, 2.75) is 149 Å². The Bertz CT molecular complexity index is 2060. The van der Waals surface area contributed by atoms with Crippen LogP contribution in [-0.2, 0) is 44.5 Å². The minimum absolute atomic E-state index is 0.000251. The number of carboxylic acids is 1. The minimum atomic E-state index is -1.26. The molecule has 1 aliphatic heterocycles. The number of nitrogen functional groups attached to an aromatic ring is 1. The molecule has 1 aromatic carbocycles. The Morgan fingerprint density at radius 2 is 1.68 bits per heavy atom. The Labute approximate surface area is 441 Å². The summed E-state index contributed by atoms with van der Waals surface area (Å²) in [6, 6.07) is 1.84. The number of anilines is 1. The number of halogens is 1. The Kier molecular flexibility index (Phi) is 28.3. The summed E-state index contributed by atoms with van der Waals surface area (Å²) >= 11 is 1.10. The van der Waals surface area contributed by atoms with E-state index in [4.69, 9.17) is 35.4 Å². The molecule has 6 atom stereocenters. The summed E-state index contributed by atoms with van der Waals surface area (Å²) in [7, 11) is 1.93. The topological polar surface area (TPSA) is 279 Å². The number of rotatable bonds is 35. The maximum absolute atomic E-state index is 15.2. The average molecular weight is 1060 g/mol. The maximum atomic E-state index is 15.2. The van der Waals surface area contributed by atoms with Gasteiger partial charge in [0.05, 0.1) is 56.7 Å². The molecule has 0 bridgehead atoms. The van der Waals surface area contributed by atoms with Gasteiger partial charge in [0.1, 0.15) is 29.3 Å². The second-order valence-electron chi connectivity index (χ2n) is 20.1. The first-order valence-corrected chi connectivity index (χ1v) is 27.1. The second-order valence-corrected chi connectivity index (χ2v) is 21.0. The largest absolute Gasteiger partial charge is 0.481 e. The third kappa shape index (κ3) is 21.7. The number of carboxylic acid groups (broad SMARTS) is 1. The Hall–Kier alpha value is -5.00. The first-order valence-electron chi connectivity index (χ1n) is 26.2. The first-order chi connectivity index (χ1) is 35.2. The molecule has 3 rings (SSSR count). The third-order valence-corrected chi connectivity index (χ3v) is 14.3. The highest BCUT2D eigenvalue weighted by Crippen LogP contribution is 2.33. The molecule has 5 unspecified atom stereocenters. The van der Waals surface area contributed by atoms with Gasteiger partial charge in [-0.2, -0.15) is 0 Å². The van der Waals surface area contributed by atoms with Crippen LogP contribution in [0.4, 0.5) is 14.9 Å². The fourth-order valence-electron chi connectivity index (χ4n) is 8.61. The summed E-state index contributed by atoms with van der Waals surface area (Å²) in [5.41, 5.74) is 10.1. The van der Waals surface area contributed by atoms with E-state index >= 15 is 4.79 Å². The number of nitrogens with zero attached hydrogens (tertiary/aromatic N) is 3. The van der Waals surface area contributed by atoms with Gasteiger partial charge in [0.2, 0.25) is 17.7 Å². The molecule has 1 saturated heterocycles. The molecule has 1 aromatic heterocycles. The van der Waals surface area contributed by atoms with Gasteiger partial charge in [0.15, 0.2) is 6.10 Å². The van der Waals surface area contributed by atoms with Crippen LogP contribution in [0, 0.1) is 23.1 Å². The lowest BCUT2D eigenvalue weighted by Crippen LogP contribution is -2.59. The van der Waals surface area contributed by atoms with E-state index in [2.05, 4.69) is 28.2 Å². The van der Waals surface area contributed by atoms with Crippen LogP contribution < -0.4 is 32.7 Å². The Morgan fingerprint density at radius 1 is 0.973 bits per heavy atom. The molecule has 20 nitrogen and oxygen atoms in total. The van der Waals surface area contributed by atoms with Gasteiger partial charge >= 0.3 is 12.1 Å². The smallest absolute Gasteiger partial charge is 0.407 e. The van der Waals surface area contributed by atoms with Crippen LogP contribution in [0.25, 0.3) is 0 Å². The van der Waals surface area contributed by atoms with E-state index in [0.29, 0.717) is 31.4 Å². The summed E-state index contributed by atoms with van der Waals surface area (Å²) in [4.78, 5) is 88.9. The first kappa shape index (κ1) is 63.3. The average Bonchev–Trinajstić information content (AvgIpc) is 3.86. The highest BCUT2D eigenvalue weighted by Gasteiger charge is 2.39. The standard InChI is InChI=1S/C52H86FN9O11S/c1-9-11-12-14-21-62(49(66)45(35(5)10-2)60-47(65)41-16-13-15-20-61(41)8)42(34(3)4)29-43(73-51(69)56-19-22-70-23-24-71-25-26-72-33-57-44(63)31-54)48-59-40(32-74-48)46(64)58-37(30-52(6,7)50(67)68)27-36-17-18-39(55)38(53)28-36/h17-18,28,32,34-35,37,41-43,45H,9-16,19-27,29-31,33,54-55H2,1-8H3,(H,56,69)(H,57,63)(H,58,64)(H,60,65)(H,67,68)/t35?,37?,41-,42?,43?,45?/m1/s1. The number of hydrogen-bond acceptors (Lipinski definition) is 15. The number of nitrogens with two attached hydrogens (primary N) is 2. The van der Waals surface area contributed by atoms with Crippen LogP contribution in [0.15, 0.2) is 23.6 Å². The number of thiazole rings is 1. The summed E-state index contributed by atoms with van der Waals surface area (Å²) in [6.07, 6.45) is 5.15. The van der Waals surface area contributed by atoms with Gasteiger partial charge in [-0.05, 0) is 89.1 Å². The van der Waals surface area contributed by atoms with Crippen LogP contribution >= 0.6 is 11.3 Å². The van der Waals surface area contributed by atoms with Gasteiger partial charge in [-0.25, -0.2) is 14.2 Å². The number of carbonyl (C=O) groups is 6.